The third kappa shape index (κ3) is 6.73. The molecule has 0 radical (unpaired) electrons. The zero-order valence-corrected chi connectivity index (χ0v) is 19.0. The van der Waals surface area contributed by atoms with Crippen molar-refractivity contribution in [2.24, 2.45) is 0 Å². The molecule has 0 unspecified atom stereocenters. The molecule has 0 aliphatic rings. The van der Waals surface area contributed by atoms with E-state index >= 15 is 0 Å². The van der Waals surface area contributed by atoms with Crippen LogP contribution >= 0.6 is 0 Å². The third-order valence-electron chi connectivity index (χ3n) is 5.44. The van der Waals surface area contributed by atoms with Crippen molar-refractivity contribution in [3.63, 3.8) is 0 Å². The molecule has 2 amide bonds. The van der Waals surface area contributed by atoms with E-state index < -0.39 is 11.7 Å². The molecule has 0 fully saturated rings. The van der Waals surface area contributed by atoms with Crippen LogP contribution in [0.3, 0.4) is 0 Å². The lowest BCUT2D eigenvalue weighted by atomic mass is 10.1. The van der Waals surface area contributed by atoms with Crippen LogP contribution in [0.15, 0.2) is 72.8 Å². The lowest BCUT2D eigenvalue weighted by molar-refractivity contribution is 0.0693. The number of hydrogen-bond donors (Lipinski definition) is 1. The molecule has 1 N–H and O–H groups in total. The number of benzene rings is 3. The highest BCUT2D eigenvalue weighted by atomic mass is 19.1. The maximum atomic E-state index is 14.0. The Morgan fingerprint density at radius 3 is 2.42 bits per heavy atom. The molecule has 0 aromatic heterocycles. The lowest BCUT2D eigenvalue weighted by Crippen LogP contribution is -2.35. The summed E-state index contributed by atoms with van der Waals surface area (Å²) in [6, 6.07) is 21.1. The number of hydrogen-bond acceptors (Lipinski definition) is 3. The quantitative estimate of drug-likeness (QED) is 0.469. The van der Waals surface area contributed by atoms with Crippen LogP contribution in [0.2, 0.25) is 0 Å². The molecule has 3 aromatic carbocycles. The summed E-state index contributed by atoms with van der Waals surface area (Å²) in [4.78, 5) is 27.6. The van der Waals surface area contributed by atoms with E-state index in [1.54, 1.807) is 36.3 Å². The number of rotatable bonds is 10. The van der Waals surface area contributed by atoms with Gasteiger partial charge in [-0.25, -0.2) is 4.39 Å². The van der Waals surface area contributed by atoms with Crippen molar-refractivity contribution in [3.05, 3.63) is 101 Å². The van der Waals surface area contributed by atoms with Gasteiger partial charge in [0.25, 0.3) is 11.8 Å². The van der Waals surface area contributed by atoms with Crippen LogP contribution in [-0.2, 0) is 11.2 Å². The Labute approximate surface area is 194 Å². The number of carbonyl (C=O) groups excluding carboxylic acids is 2. The maximum absolute atomic E-state index is 14.0. The van der Waals surface area contributed by atoms with Crippen LogP contribution in [0.1, 0.15) is 38.3 Å². The van der Waals surface area contributed by atoms with Crippen LogP contribution in [0.25, 0.3) is 0 Å². The number of ether oxygens (including phenoxy) is 1. The minimum absolute atomic E-state index is 0.0451. The first-order valence-electron chi connectivity index (χ1n) is 11.0. The van der Waals surface area contributed by atoms with Gasteiger partial charge >= 0.3 is 0 Å². The zero-order valence-electron chi connectivity index (χ0n) is 19.0. The monoisotopic (exact) mass is 448 g/mol. The Morgan fingerprint density at radius 1 is 0.970 bits per heavy atom. The second-order valence-electron chi connectivity index (χ2n) is 7.84. The fourth-order valence-corrected chi connectivity index (χ4v) is 3.54. The summed E-state index contributed by atoms with van der Waals surface area (Å²) in [5, 5.41) is 2.74. The molecule has 3 rings (SSSR count). The van der Waals surface area contributed by atoms with E-state index in [0.717, 1.165) is 18.4 Å². The van der Waals surface area contributed by atoms with Crippen LogP contribution in [0, 0.1) is 12.7 Å². The number of carbonyl (C=O) groups is 2. The van der Waals surface area contributed by atoms with E-state index in [0.29, 0.717) is 30.9 Å². The van der Waals surface area contributed by atoms with Gasteiger partial charge in [-0.05, 0) is 55.2 Å². The number of nitrogens with zero attached hydrogens (tertiary/aromatic N) is 1. The first kappa shape index (κ1) is 24.1. The van der Waals surface area contributed by atoms with Gasteiger partial charge in [0.2, 0.25) is 0 Å². The Kier molecular flexibility index (Phi) is 8.72. The van der Waals surface area contributed by atoms with Crippen LogP contribution < -0.4 is 5.32 Å². The van der Waals surface area contributed by atoms with Crippen molar-refractivity contribution in [3.8, 4) is 0 Å². The molecule has 5 nitrogen and oxygen atoms in total. The maximum Gasteiger partial charge on any atom is 0.258 e. The van der Waals surface area contributed by atoms with Crippen molar-refractivity contribution in [1.82, 2.24) is 4.90 Å². The SMILES string of the molecule is COCCN(CCCc1ccccc1)C(=O)c1ccc(C)c(NC(=O)c2ccccc2F)c1. The highest BCUT2D eigenvalue weighted by Crippen LogP contribution is 2.20. The summed E-state index contributed by atoms with van der Waals surface area (Å²) < 4.78 is 19.2. The molecular weight excluding hydrogens is 419 g/mol. The highest BCUT2D eigenvalue weighted by Gasteiger charge is 2.18. The Morgan fingerprint density at radius 2 is 1.70 bits per heavy atom. The van der Waals surface area contributed by atoms with Crippen molar-refractivity contribution in [2.45, 2.75) is 19.8 Å². The zero-order chi connectivity index (χ0) is 23.6. The summed E-state index contributed by atoms with van der Waals surface area (Å²) in [5.74, 6) is -1.29. The van der Waals surface area contributed by atoms with Gasteiger partial charge in [0, 0.05) is 31.5 Å². The topological polar surface area (TPSA) is 58.6 Å². The van der Waals surface area contributed by atoms with E-state index in [2.05, 4.69) is 17.4 Å². The van der Waals surface area contributed by atoms with Crippen LogP contribution in [0.4, 0.5) is 10.1 Å². The van der Waals surface area contributed by atoms with Gasteiger partial charge in [-0.15, -0.1) is 0 Å². The minimum atomic E-state index is -0.593. The molecule has 0 atom stereocenters. The van der Waals surface area contributed by atoms with E-state index in [1.165, 1.54) is 23.8 Å². The molecule has 6 heteroatoms. The Balaban J connectivity index is 1.72. The predicted molar refractivity (Wildman–Crippen MR) is 128 cm³/mol. The standard InChI is InChI=1S/C27H29FN2O3/c1-20-14-15-22(19-25(20)29-26(31)23-12-6-7-13-24(23)28)27(32)30(17-18-33-2)16-8-11-21-9-4-3-5-10-21/h3-7,9-10,12-15,19H,8,11,16-18H2,1-2H3,(H,29,31). The number of anilines is 1. The van der Waals surface area contributed by atoms with Gasteiger partial charge in [0.15, 0.2) is 0 Å². The van der Waals surface area contributed by atoms with Crippen molar-refractivity contribution < 1.29 is 18.7 Å². The Hall–Kier alpha value is -3.51. The summed E-state index contributed by atoms with van der Waals surface area (Å²) in [7, 11) is 1.61. The summed E-state index contributed by atoms with van der Waals surface area (Å²) in [6.07, 6.45) is 1.69. The molecule has 172 valence electrons. The molecule has 33 heavy (non-hydrogen) atoms. The molecule has 0 saturated heterocycles. The third-order valence-corrected chi connectivity index (χ3v) is 5.44. The number of aryl methyl sites for hydroxylation is 2. The molecule has 3 aromatic rings. The molecule has 0 bridgehead atoms. The number of halogens is 1. The van der Waals surface area contributed by atoms with Crippen molar-refractivity contribution >= 4 is 17.5 Å². The van der Waals surface area contributed by atoms with E-state index in [9.17, 15) is 14.0 Å². The molecular formula is C27H29FN2O3. The summed E-state index contributed by atoms with van der Waals surface area (Å²) in [5.41, 5.74) is 2.90. The molecule has 0 spiro atoms. The van der Waals surface area contributed by atoms with Crippen LogP contribution in [0.5, 0.6) is 0 Å². The van der Waals surface area contributed by atoms with E-state index in [4.69, 9.17) is 4.74 Å². The van der Waals surface area contributed by atoms with E-state index in [-0.39, 0.29) is 11.5 Å². The van der Waals surface area contributed by atoms with Crippen molar-refractivity contribution in [1.29, 1.82) is 0 Å². The second kappa shape index (κ2) is 11.9. The minimum Gasteiger partial charge on any atom is -0.383 e. The average molecular weight is 449 g/mol. The van der Waals surface area contributed by atoms with Gasteiger partial charge in [-0.1, -0.05) is 48.5 Å². The van der Waals surface area contributed by atoms with Gasteiger partial charge in [0.1, 0.15) is 5.82 Å². The predicted octanol–water partition coefficient (Wildman–Crippen LogP) is 5.11. The van der Waals surface area contributed by atoms with Gasteiger partial charge in [-0.3, -0.25) is 9.59 Å². The summed E-state index contributed by atoms with van der Waals surface area (Å²) in [6.45, 7) is 3.31. The Bertz CT molecular complexity index is 1090. The van der Waals surface area contributed by atoms with E-state index in [1.807, 2.05) is 25.1 Å². The lowest BCUT2D eigenvalue weighted by Gasteiger charge is -2.23. The van der Waals surface area contributed by atoms with Gasteiger partial charge in [-0.2, -0.15) is 0 Å². The average Bonchev–Trinajstić information content (AvgIpc) is 2.83. The number of nitrogens with one attached hydrogen (secondary N) is 1. The van der Waals surface area contributed by atoms with Gasteiger partial charge in [0.05, 0.1) is 12.2 Å². The largest absolute Gasteiger partial charge is 0.383 e. The first-order chi connectivity index (χ1) is 16.0. The second-order valence-corrected chi connectivity index (χ2v) is 7.84. The highest BCUT2D eigenvalue weighted by molar-refractivity contribution is 6.05. The molecule has 0 heterocycles. The van der Waals surface area contributed by atoms with Crippen LogP contribution in [-0.4, -0.2) is 43.5 Å². The van der Waals surface area contributed by atoms with Crippen molar-refractivity contribution in [2.75, 3.05) is 32.1 Å². The summed E-state index contributed by atoms with van der Waals surface area (Å²) >= 11 is 0. The fraction of sp³-hybridized carbons (Fsp3) is 0.259. The molecule has 0 aliphatic heterocycles. The first-order valence-corrected chi connectivity index (χ1v) is 11.0. The normalized spacial score (nSPS) is 10.6. The molecule has 0 aliphatic carbocycles. The smallest absolute Gasteiger partial charge is 0.258 e. The fourth-order valence-electron chi connectivity index (χ4n) is 3.54. The molecule has 0 saturated carbocycles. The number of methoxy groups -OCH3 is 1. The van der Waals surface area contributed by atoms with Gasteiger partial charge < -0.3 is 15.0 Å². The number of amides is 2.